The normalized spacial score (nSPS) is 16.0. The summed E-state index contributed by atoms with van der Waals surface area (Å²) in [5.41, 5.74) is 9.09. The van der Waals surface area contributed by atoms with E-state index in [1.54, 1.807) is 22.7 Å². The summed E-state index contributed by atoms with van der Waals surface area (Å²) in [4.78, 5) is 12.7. The molecule has 0 radical (unpaired) electrons. The molecule has 0 unspecified atom stereocenters. The topological polar surface area (TPSA) is 66.5 Å². The standard InChI is InChI=1S/C24H24FN5S2/c25-17-5-3-16(4-6-17)15-30-11-9-18(10-12-30)28-24-29-20-8-7-19(14-22(20)32-24)27-23(26)21-2-1-13-31-21/h1-8,13-14,18H,9-12,15H2,(H2,26,27)(H,28,29). The molecule has 1 aliphatic heterocycles. The fourth-order valence-corrected chi connectivity index (χ4v) is 5.52. The number of piperidine rings is 1. The monoisotopic (exact) mass is 465 g/mol. The van der Waals surface area contributed by atoms with E-state index in [9.17, 15) is 4.39 Å². The van der Waals surface area contributed by atoms with Crippen molar-refractivity contribution in [2.75, 3.05) is 18.4 Å². The van der Waals surface area contributed by atoms with Gasteiger partial charge in [-0.05, 0) is 60.2 Å². The van der Waals surface area contributed by atoms with Crippen LogP contribution in [0.2, 0.25) is 0 Å². The van der Waals surface area contributed by atoms with E-state index in [0.29, 0.717) is 11.9 Å². The van der Waals surface area contributed by atoms with E-state index in [1.807, 2.05) is 47.8 Å². The number of nitrogens with two attached hydrogens (primary N) is 1. The Bertz CT molecular complexity index is 1210. The van der Waals surface area contributed by atoms with Crippen molar-refractivity contribution in [1.29, 1.82) is 0 Å². The minimum absolute atomic E-state index is 0.183. The van der Waals surface area contributed by atoms with Crippen LogP contribution in [-0.2, 0) is 6.54 Å². The minimum atomic E-state index is -0.183. The summed E-state index contributed by atoms with van der Waals surface area (Å²) in [6.07, 6.45) is 2.12. The molecule has 2 aromatic carbocycles. The van der Waals surface area contributed by atoms with Gasteiger partial charge in [0.25, 0.3) is 0 Å². The van der Waals surface area contributed by atoms with Crippen LogP contribution in [0.5, 0.6) is 0 Å². The van der Waals surface area contributed by atoms with Crippen molar-refractivity contribution in [1.82, 2.24) is 9.88 Å². The van der Waals surface area contributed by atoms with Crippen LogP contribution in [0.4, 0.5) is 15.2 Å². The van der Waals surface area contributed by atoms with E-state index < -0.39 is 0 Å². The van der Waals surface area contributed by atoms with Gasteiger partial charge in [0.2, 0.25) is 0 Å². The van der Waals surface area contributed by atoms with Gasteiger partial charge in [-0.15, -0.1) is 11.3 Å². The molecular weight excluding hydrogens is 441 g/mol. The van der Waals surface area contributed by atoms with Gasteiger partial charge in [0.05, 0.1) is 20.8 Å². The minimum Gasteiger partial charge on any atom is -0.383 e. The van der Waals surface area contributed by atoms with Crippen LogP contribution < -0.4 is 11.1 Å². The highest BCUT2D eigenvalue weighted by Gasteiger charge is 2.20. The average Bonchev–Trinajstić information content (AvgIpc) is 3.46. The zero-order valence-corrected chi connectivity index (χ0v) is 19.1. The van der Waals surface area contributed by atoms with Gasteiger partial charge in [-0.3, -0.25) is 4.90 Å². The number of aliphatic imine (C=N–C) groups is 1. The second-order valence-corrected chi connectivity index (χ2v) is 9.94. The number of nitrogens with one attached hydrogen (secondary N) is 1. The molecule has 3 N–H and O–H groups in total. The molecule has 1 saturated heterocycles. The molecule has 5 rings (SSSR count). The van der Waals surface area contributed by atoms with E-state index >= 15 is 0 Å². The van der Waals surface area contributed by atoms with Crippen molar-refractivity contribution in [3.63, 3.8) is 0 Å². The summed E-state index contributed by atoms with van der Waals surface area (Å²) >= 11 is 3.24. The molecule has 8 heteroatoms. The predicted octanol–water partition coefficient (Wildman–Crippen LogP) is 5.61. The van der Waals surface area contributed by atoms with Crippen molar-refractivity contribution < 1.29 is 4.39 Å². The largest absolute Gasteiger partial charge is 0.383 e. The lowest BCUT2D eigenvalue weighted by Crippen LogP contribution is -2.38. The van der Waals surface area contributed by atoms with Gasteiger partial charge in [0.1, 0.15) is 11.7 Å². The fraction of sp³-hybridized carbons (Fsp3) is 0.250. The van der Waals surface area contributed by atoms with Gasteiger partial charge in [0, 0.05) is 25.7 Å². The lowest BCUT2D eigenvalue weighted by atomic mass is 10.0. The third kappa shape index (κ3) is 4.98. The van der Waals surface area contributed by atoms with Gasteiger partial charge in [-0.2, -0.15) is 0 Å². The summed E-state index contributed by atoms with van der Waals surface area (Å²) in [5.74, 6) is 0.354. The lowest BCUT2D eigenvalue weighted by molar-refractivity contribution is 0.211. The number of benzene rings is 2. The van der Waals surface area contributed by atoms with E-state index in [1.165, 1.54) is 12.1 Å². The van der Waals surface area contributed by atoms with Gasteiger partial charge in [0.15, 0.2) is 5.13 Å². The maximum Gasteiger partial charge on any atom is 0.184 e. The number of halogens is 1. The number of nitrogens with zero attached hydrogens (tertiary/aromatic N) is 3. The summed E-state index contributed by atoms with van der Waals surface area (Å²) in [6.45, 7) is 2.90. The van der Waals surface area contributed by atoms with Crippen LogP contribution >= 0.6 is 22.7 Å². The van der Waals surface area contributed by atoms with Gasteiger partial charge in [-0.25, -0.2) is 14.4 Å². The molecular formula is C24H24FN5S2. The SMILES string of the molecule is NC(=Nc1ccc2nc(NC3CCN(Cc4ccc(F)cc4)CC3)sc2c1)c1cccs1. The molecule has 164 valence electrons. The molecule has 0 amide bonds. The molecule has 1 aliphatic rings. The first kappa shape index (κ1) is 21.1. The van der Waals surface area contributed by atoms with Crippen LogP contribution in [0, 0.1) is 5.82 Å². The Labute approximate surface area is 194 Å². The van der Waals surface area contributed by atoms with Crippen molar-refractivity contribution in [2.45, 2.75) is 25.4 Å². The highest BCUT2D eigenvalue weighted by Crippen LogP contribution is 2.31. The molecule has 0 saturated carbocycles. The zero-order chi connectivity index (χ0) is 21.9. The Hall–Kier alpha value is -2.81. The summed E-state index contributed by atoms with van der Waals surface area (Å²) in [5, 5.41) is 6.56. The summed E-state index contributed by atoms with van der Waals surface area (Å²) in [7, 11) is 0. The molecule has 0 spiro atoms. The van der Waals surface area contributed by atoms with E-state index in [2.05, 4.69) is 15.2 Å². The number of hydrogen-bond acceptors (Lipinski definition) is 6. The zero-order valence-electron chi connectivity index (χ0n) is 17.5. The van der Waals surface area contributed by atoms with Crippen LogP contribution in [-0.4, -0.2) is 34.9 Å². The summed E-state index contributed by atoms with van der Waals surface area (Å²) < 4.78 is 14.2. The molecule has 2 aromatic heterocycles. The first-order valence-electron chi connectivity index (χ1n) is 10.6. The Kier molecular flexibility index (Phi) is 6.16. The molecule has 5 nitrogen and oxygen atoms in total. The number of likely N-dealkylation sites (tertiary alicyclic amines) is 1. The average molecular weight is 466 g/mol. The molecule has 3 heterocycles. The number of amidine groups is 1. The third-order valence-corrected chi connectivity index (χ3v) is 7.47. The van der Waals surface area contributed by atoms with Crippen LogP contribution in [0.3, 0.4) is 0 Å². The lowest BCUT2D eigenvalue weighted by Gasteiger charge is -2.32. The number of thiazole rings is 1. The Morgan fingerprint density at radius 3 is 2.72 bits per heavy atom. The first-order valence-corrected chi connectivity index (χ1v) is 12.3. The highest BCUT2D eigenvalue weighted by atomic mass is 32.1. The maximum absolute atomic E-state index is 13.1. The van der Waals surface area contributed by atoms with Gasteiger partial charge in [-0.1, -0.05) is 29.5 Å². The molecule has 0 aliphatic carbocycles. The molecule has 0 atom stereocenters. The van der Waals surface area contributed by atoms with Crippen molar-refractivity contribution in [3.8, 4) is 0 Å². The maximum atomic E-state index is 13.1. The first-order chi connectivity index (χ1) is 15.6. The second kappa shape index (κ2) is 9.36. The predicted molar refractivity (Wildman–Crippen MR) is 133 cm³/mol. The Morgan fingerprint density at radius 2 is 1.97 bits per heavy atom. The summed E-state index contributed by atoms with van der Waals surface area (Å²) in [6, 6.07) is 17.2. The number of thiophene rings is 1. The third-order valence-electron chi connectivity index (χ3n) is 5.63. The van der Waals surface area contributed by atoms with Crippen molar-refractivity contribution >= 4 is 49.5 Å². The van der Waals surface area contributed by atoms with Gasteiger partial charge >= 0.3 is 0 Å². The number of fused-ring (bicyclic) bond motifs is 1. The Morgan fingerprint density at radius 1 is 1.16 bits per heavy atom. The fourth-order valence-electron chi connectivity index (χ4n) is 3.92. The van der Waals surface area contributed by atoms with E-state index in [4.69, 9.17) is 10.7 Å². The second-order valence-electron chi connectivity index (χ2n) is 7.97. The molecule has 1 fully saturated rings. The van der Waals surface area contributed by atoms with E-state index in [-0.39, 0.29) is 5.82 Å². The van der Waals surface area contributed by atoms with E-state index in [0.717, 1.165) is 64.0 Å². The molecule has 4 aromatic rings. The van der Waals surface area contributed by atoms with Crippen LogP contribution in [0.15, 0.2) is 65.0 Å². The van der Waals surface area contributed by atoms with Crippen LogP contribution in [0.1, 0.15) is 23.3 Å². The quantitative estimate of drug-likeness (QED) is 0.287. The smallest absolute Gasteiger partial charge is 0.184 e. The Balaban J connectivity index is 1.19. The number of hydrogen-bond donors (Lipinski definition) is 2. The van der Waals surface area contributed by atoms with Crippen molar-refractivity contribution in [2.24, 2.45) is 10.7 Å². The number of rotatable bonds is 6. The number of aromatic nitrogens is 1. The number of anilines is 1. The van der Waals surface area contributed by atoms with Gasteiger partial charge < -0.3 is 11.1 Å². The van der Waals surface area contributed by atoms with Crippen LogP contribution in [0.25, 0.3) is 10.2 Å². The molecule has 32 heavy (non-hydrogen) atoms. The highest BCUT2D eigenvalue weighted by molar-refractivity contribution is 7.22. The molecule has 0 bridgehead atoms. The van der Waals surface area contributed by atoms with Crippen molar-refractivity contribution in [3.05, 3.63) is 76.2 Å².